The van der Waals surface area contributed by atoms with Gasteiger partial charge in [-0.25, -0.2) is 8.78 Å². The summed E-state index contributed by atoms with van der Waals surface area (Å²) < 4.78 is 31.8. The van der Waals surface area contributed by atoms with Gasteiger partial charge in [-0.2, -0.15) is 0 Å². The van der Waals surface area contributed by atoms with Crippen LogP contribution in [0.15, 0.2) is 18.2 Å². The maximum absolute atomic E-state index is 13.3. The van der Waals surface area contributed by atoms with Crippen LogP contribution < -0.4 is 5.32 Å². The van der Waals surface area contributed by atoms with Gasteiger partial charge in [0.2, 0.25) is 0 Å². The van der Waals surface area contributed by atoms with Gasteiger partial charge in [-0.15, -0.1) is 0 Å². The first-order chi connectivity index (χ1) is 8.18. The molecule has 0 aliphatic carbocycles. The number of rotatable bonds is 2. The van der Waals surface area contributed by atoms with E-state index in [-0.39, 0.29) is 6.04 Å². The van der Waals surface area contributed by atoms with E-state index in [2.05, 4.69) is 5.32 Å². The Hall–Kier alpha value is -1.49. The Kier molecular flexibility index (Phi) is 3.68. The predicted octanol–water partition coefficient (Wildman–Crippen LogP) is 1.87. The van der Waals surface area contributed by atoms with Crippen molar-refractivity contribution in [3.05, 3.63) is 35.4 Å². The molecule has 17 heavy (non-hydrogen) atoms. The van der Waals surface area contributed by atoms with Crippen LogP contribution in [0.5, 0.6) is 0 Å². The highest BCUT2D eigenvalue weighted by Crippen LogP contribution is 2.13. The summed E-state index contributed by atoms with van der Waals surface area (Å²) in [6.07, 6.45) is 1.60. The molecule has 1 aromatic rings. The first-order valence-electron chi connectivity index (χ1n) is 5.51. The molecule has 0 bridgehead atoms. The third kappa shape index (κ3) is 2.79. The van der Waals surface area contributed by atoms with Crippen LogP contribution in [-0.2, 0) is 4.74 Å². The molecule has 1 aliphatic rings. The third-order valence-corrected chi connectivity index (χ3v) is 2.69. The van der Waals surface area contributed by atoms with Crippen molar-refractivity contribution in [3.8, 4) is 0 Å². The number of hydrogen-bond acceptors (Lipinski definition) is 2. The number of carbonyl (C=O) groups excluding carboxylic acids is 1. The number of hydrogen-bond donors (Lipinski definition) is 1. The summed E-state index contributed by atoms with van der Waals surface area (Å²) in [6.45, 7) is 1.06. The van der Waals surface area contributed by atoms with Crippen molar-refractivity contribution in [2.24, 2.45) is 0 Å². The number of halogens is 2. The summed E-state index contributed by atoms with van der Waals surface area (Å²) in [6, 6.07) is 3.19. The van der Waals surface area contributed by atoms with E-state index in [4.69, 9.17) is 4.74 Å². The van der Waals surface area contributed by atoms with E-state index in [9.17, 15) is 13.6 Å². The SMILES string of the molecule is O=C(N[C@@H]1CCCOC1)c1c(F)cccc1F. The zero-order chi connectivity index (χ0) is 12.3. The molecule has 1 N–H and O–H groups in total. The molecule has 0 unspecified atom stereocenters. The van der Waals surface area contributed by atoms with Gasteiger partial charge < -0.3 is 10.1 Å². The second kappa shape index (κ2) is 5.23. The Morgan fingerprint density at radius 2 is 2.06 bits per heavy atom. The van der Waals surface area contributed by atoms with Crippen molar-refractivity contribution >= 4 is 5.91 Å². The molecule has 3 nitrogen and oxygen atoms in total. The van der Waals surface area contributed by atoms with Gasteiger partial charge in [0.1, 0.15) is 17.2 Å². The molecule has 1 heterocycles. The van der Waals surface area contributed by atoms with Gasteiger partial charge in [0.15, 0.2) is 0 Å². The van der Waals surface area contributed by atoms with Gasteiger partial charge in [-0.1, -0.05) is 6.07 Å². The Balaban J connectivity index is 2.08. The maximum atomic E-state index is 13.3. The average Bonchev–Trinajstić information content (AvgIpc) is 2.30. The maximum Gasteiger partial charge on any atom is 0.257 e. The number of benzene rings is 1. The van der Waals surface area contributed by atoms with Gasteiger partial charge in [0, 0.05) is 6.61 Å². The van der Waals surface area contributed by atoms with Crippen LogP contribution in [0.2, 0.25) is 0 Å². The Morgan fingerprint density at radius 1 is 1.35 bits per heavy atom. The highest BCUT2D eigenvalue weighted by Gasteiger charge is 2.21. The molecule has 0 spiro atoms. The topological polar surface area (TPSA) is 38.3 Å². The third-order valence-electron chi connectivity index (χ3n) is 2.69. The first-order valence-corrected chi connectivity index (χ1v) is 5.51. The molecule has 0 aromatic heterocycles. The molecule has 1 amide bonds. The molecule has 1 aliphatic heterocycles. The van der Waals surface area contributed by atoms with Gasteiger partial charge in [0.25, 0.3) is 5.91 Å². The zero-order valence-corrected chi connectivity index (χ0v) is 9.21. The lowest BCUT2D eigenvalue weighted by Gasteiger charge is -2.23. The van der Waals surface area contributed by atoms with E-state index >= 15 is 0 Å². The number of carbonyl (C=O) groups is 1. The van der Waals surface area contributed by atoms with Crippen molar-refractivity contribution in [1.82, 2.24) is 5.32 Å². The Morgan fingerprint density at radius 3 is 2.65 bits per heavy atom. The van der Waals surface area contributed by atoms with E-state index in [1.165, 1.54) is 6.07 Å². The average molecular weight is 241 g/mol. The molecule has 0 radical (unpaired) electrons. The summed E-state index contributed by atoms with van der Waals surface area (Å²) in [7, 11) is 0. The van der Waals surface area contributed by atoms with Crippen LogP contribution in [0.4, 0.5) is 8.78 Å². The Bertz CT molecular complexity index is 397. The fraction of sp³-hybridized carbons (Fsp3) is 0.417. The van der Waals surface area contributed by atoms with Crippen molar-refractivity contribution < 1.29 is 18.3 Å². The van der Waals surface area contributed by atoms with Crippen molar-refractivity contribution in [3.63, 3.8) is 0 Å². The summed E-state index contributed by atoms with van der Waals surface area (Å²) in [5, 5.41) is 2.57. The highest BCUT2D eigenvalue weighted by molar-refractivity contribution is 5.94. The van der Waals surface area contributed by atoms with E-state index < -0.39 is 23.1 Å². The lowest BCUT2D eigenvalue weighted by Crippen LogP contribution is -2.41. The van der Waals surface area contributed by atoms with Crippen LogP contribution in [0.1, 0.15) is 23.2 Å². The Labute approximate surface area is 97.8 Å². The minimum atomic E-state index is -0.848. The molecular weight excluding hydrogens is 228 g/mol. The van der Waals surface area contributed by atoms with Crippen molar-refractivity contribution in [2.45, 2.75) is 18.9 Å². The predicted molar refractivity (Wildman–Crippen MR) is 57.7 cm³/mol. The van der Waals surface area contributed by atoms with E-state index in [1.807, 2.05) is 0 Å². The number of ether oxygens (including phenoxy) is 1. The normalized spacial score (nSPS) is 20.0. The van der Waals surface area contributed by atoms with Crippen LogP contribution >= 0.6 is 0 Å². The number of nitrogens with one attached hydrogen (secondary N) is 1. The van der Waals surface area contributed by atoms with Gasteiger partial charge >= 0.3 is 0 Å². The number of amides is 1. The summed E-state index contributed by atoms with van der Waals surface area (Å²) in [5.41, 5.74) is -0.530. The van der Waals surface area contributed by atoms with Crippen molar-refractivity contribution in [1.29, 1.82) is 0 Å². The van der Waals surface area contributed by atoms with Crippen molar-refractivity contribution in [2.75, 3.05) is 13.2 Å². The lowest BCUT2D eigenvalue weighted by molar-refractivity contribution is 0.0620. The van der Waals surface area contributed by atoms with Gasteiger partial charge in [-0.05, 0) is 25.0 Å². The van der Waals surface area contributed by atoms with Crippen LogP contribution in [0, 0.1) is 11.6 Å². The fourth-order valence-corrected chi connectivity index (χ4v) is 1.83. The molecule has 1 aromatic carbocycles. The van der Waals surface area contributed by atoms with Crippen LogP contribution in [-0.4, -0.2) is 25.2 Å². The second-order valence-corrected chi connectivity index (χ2v) is 3.98. The molecule has 0 saturated carbocycles. The zero-order valence-electron chi connectivity index (χ0n) is 9.21. The molecule has 5 heteroatoms. The minimum absolute atomic E-state index is 0.171. The van der Waals surface area contributed by atoms with E-state index in [1.54, 1.807) is 0 Å². The highest BCUT2D eigenvalue weighted by atomic mass is 19.1. The van der Waals surface area contributed by atoms with E-state index in [0.717, 1.165) is 25.0 Å². The molecule has 2 rings (SSSR count). The second-order valence-electron chi connectivity index (χ2n) is 3.98. The van der Waals surface area contributed by atoms with Crippen LogP contribution in [0.25, 0.3) is 0 Å². The lowest BCUT2D eigenvalue weighted by atomic mass is 10.1. The summed E-state index contributed by atoms with van der Waals surface area (Å²) >= 11 is 0. The van der Waals surface area contributed by atoms with E-state index in [0.29, 0.717) is 13.2 Å². The monoisotopic (exact) mass is 241 g/mol. The molecule has 1 fully saturated rings. The van der Waals surface area contributed by atoms with Gasteiger partial charge in [-0.3, -0.25) is 4.79 Å². The standard InChI is InChI=1S/C12H13F2NO2/c13-9-4-1-5-10(14)11(9)12(16)15-8-3-2-6-17-7-8/h1,4-5,8H,2-3,6-7H2,(H,15,16)/t8-/m1/s1. The molecule has 1 saturated heterocycles. The minimum Gasteiger partial charge on any atom is -0.379 e. The first kappa shape index (κ1) is 12.0. The molecule has 1 atom stereocenters. The summed E-state index contributed by atoms with van der Waals surface area (Å²) in [5.74, 6) is -2.42. The smallest absolute Gasteiger partial charge is 0.257 e. The largest absolute Gasteiger partial charge is 0.379 e. The van der Waals surface area contributed by atoms with Gasteiger partial charge in [0.05, 0.1) is 12.6 Å². The van der Waals surface area contributed by atoms with Crippen LogP contribution in [0.3, 0.4) is 0 Å². The summed E-state index contributed by atoms with van der Waals surface area (Å²) in [4.78, 5) is 11.7. The molecular formula is C12H13F2NO2. The fourth-order valence-electron chi connectivity index (χ4n) is 1.83. The quantitative estimate of drug-likeness (QED) is 0.858. The molecule has 92 valence electrons.